The summed E-state index contributed by atoms with van der Waals surface area (Å²) < 4.78 is 2.19. The fraction of sp³-hybridized carbons (Fsp3) is 0.241. The molecule has 4 nitrogen and oxygen atoms in total. The van der Waals surface area contributed by atoms with Gasteiger partial charge in [-0.25, -0.2) is 4.98 Å². The third-order valence-electron chi connectivity index (χ3n) is 5.65. The van der Waals surface area contributed by atoms with Gasteiger partial charge in [-0.1, -0.05) is 72.3 Å². The molecule has 0 amide bonds. The average Bonchev–Trinajstić information content (AvgIpc) is 3.54. The highest BCUT2D eigenvalue weighted by atomic mass is 32.2. The predicted octanol–water partition coefficient (Wildman–Crippen LogP) is 7.68. The van der Waals surface area contributed by atoms with Crippen molar-refractivity contribution < 1.29 is 0 Å². The predicted molar refractivity (Wildman–Crippen MR) is 152 cm³/mol. The molecule has 0 aliphatic rings. The summed E-state index contributed by atoms with van der Waals surface area (Å²) in [5, 5.41) is 7.61. The Balaban J connectivity index is 1.42. The fourth-order valence-corrected chi connectivity index (χ4v) is 5.16. The number of imidazole rings is 1. The first-order valence-corrected chi connectivity index (χ1v) is 13.7. The molecule has 4 aromatic rings. The van der Waals surface area contributed by atoms with Crippen molar-refractivity contribution in [2.45, 2.75) is 45.7 Å². The zero-order valence-corrected chi connectivity index (χ0v) is 22.4. The summed E-state index contributed by atoms with van der Waals surface area (Å²) in [6, 6.07) is 21.6. The Kier molecular flexibility index (Phi) is 8.61. The van der Waals surface area contributed by atoms with Crippen molar-refractivity contribution in [3.8, 4) is 16.3 Å². The van der Waals surface area contributed by atoms with Crippen LogP contribution in [0.15, 0.2) is 94.3 Å². The van der Waals surface area contributed by atoms with E-state index in [4.69, 9.17) is 4.98 Å². The van der Waals surface area contributed by atoms with Crippen LogP contribution in [0.5, 0.6) is 0 Å². The van der Waals surface area contributed by atoms with Crippen LogP contribution >= 0.6 is 23.1 Å². The van der Waals surface area contributed by atoms with E-state index in [0.717, 1.165) is 40.8 Å². The molecule has 0 saturated carbocycles. The highest BCUT2D eigenvalue weighted by molar-refractivity contribution is 7.99. The Morgan fingerprint density at radius 2 is 1.80 bits per heavy atom. The first-order valence-electron chi connectivity index (χ1n) is 11.9. The normalized spacial score (nSPS) is 12.2. The fourth-order valence-electron chi connectivity index (χ4n) is 3.62. The maximum atomic E-state index is 4.95. The van der Waals surface area contributed by atoms with Crippen LogP contribution in [0.1, 0.15) is 37.5 Å². The van der Waals surface area contributed by atoms with Gasteiger partial charge >= 0.3 is 0 Å². The van der Waals surface area contributed by atoms with Crippen LogP contribution in [0.2, 0.25) is 0 Å². The molecule has 1 N–H and O–H groups in total. The topological polar surface area (TPSA) is 42.2 Å². The van der Waals surface area contributed by atoms with Crippen molar-refractivity contribution in [2.24, 2.45) is 5.10 Å². The monoisotopic (exact) mass is 500 g/mol. The van der Waals surface area contributed by atoms with E-state index in [-0.39, 0.29) is 0 Å². The molecule has 0 bridgehead atoms. The molecule has 180 valence electrons. The number of aryl methyl sites for hydroxylation is 2. The highest BCUT2D eigenvalue weighted by Gasteiger charge is 2.13. The molecule has 0 aliphatic heterocycles. The molecule has 35 heavy (non-hydrogen) atoms. The van der Waals surface area contributed by atoms with Crippen molar-refractivity contribution in [1.82, 2.24) is 15.0 Å². The molecule has 2 heterocycles. The zero-order chi connectivity index (χ0) is 24.6. The number of hydrogen-bond acceptors (Lipinski definition) is 5. The number of nitrogens with zero attached hydrogens (tertiary/aromatic N) is 3. The van der Waals surface area contributed by atoms with Crippen LogP contribution in [-0.4, -0.2) is 21.0 Å². The number of hydrazone groups is 1. The smallest absolute Gasteiger partial charge is 0.173 e. The number of thioether (sulfide) groups is 1. The highest BCUT2D eigenvalue weighted by Crippen LogP contribution is 2.30. The van der Waals surface area contributed by atoms with Crippen LogP contribution < -0.4 is 5.43 Å². The van der Waals surface area contributed by atoms with Gasteiger partial charge in [-0.2, -0.15) is 5.10 Å². The van der Waals surface area contributed by atoms with Gasteiger partial charge in [-0.3, -0.25) is 9.99 Å². The van der Waals surface area contributed by atoms with Gasteiger partial charge in [0.2, 0.25) is 0 Å². The van der Waals surface area contributed by atoms with Crippen molar-refractivity contribution in [2.75, 3.05) is 5.75 Å². The molecular weight excluding hydrogens is 468 g/mol. The van der Waals surface area contributed by atoms with Crippen LogP contribution in [-0.2, 0) is 12.8 Å². The molecule has 2 aromatic heterocycles. The maximum absolute atomic E-state index is 4.95. The number of rotatable bonds is 10. The number of allylic oxidation sites excluding steroid dienone is 1. The first-order chi connectivity index (χ1) is 17.0. The van der Waals surface area contributed by atoms with E-state index in [1.165, 1.54) is 27.1 Å². The lowest BCUT2D eigenvalue weighted by Crippen LogP contribution is -2.06. The lowest BCUT2D eigenvalue weighted by atomic mass is 10.1. The van der Waals surface area contributed by atoms with Crippen LogP contribution in [0.25, 0.3) is 16.3 Å². The van der Waals surface area contributed by atoms with Gasteiger partial charge in [0.05, 0.1) is 10.6 Å². The van der Waals surface area contributed by atoms with Crippen molar-refractivity contribution in [1.29, 1.82) is 0 Å². The molecule has 6 heteroatoms. The summed E-state index contributed by atoms with van der Waals surface area (Å²) in [5.41, 5.74) is 11.4. The molecule has 0 radical (unpaired) electrons. The molecule has 0 saturated heterocycles. The number of thiophene rings is 1. The summed E-state index contributed by atoms with van der Waals surface area (Å²) in [7, 11) is 0. The lowest BCUT2D eigenvalue weighted by Gasteiger charge is -2.08. The Bertz CT molecular complexity index is 1280. The van der Waals surface area contributed by atoms with Crippen LogP contribution in [0.4, 0.5) is 0 Å². The van der Waals surface area contributed by atoms with E-state index < -0.39 is 0 Å². The van der Waals surface area contributed by atoms with Crippen LogP contribution in [0.3, 0.4) is 0 Å². The van der Waals surface area contributed by atoms with Gasteiger partial charge in [0.1, 0.15) is 0 Å². The Hall–Kier alpha value is -3.09. The molecule has 0 unspecified atom stereocenters. The summed E-state index contributed by atoms with van der Waals surface area (Å²) >= 11 is 3.42. The van der Waals surface area contributed by atoms with E-state index in [9.17, 15) is 0 Å². The standard InChI is InChI=1S/C29H32N4S2/c1-5-24-12-14-26(15-13-24)33-19-27(28-7-6-16-34-28)31-29(33)35-20-23(4)32-30-18-22(3)17-25-10-8-21(2)9-11-25/h6-16,18-19,30H,5,17,20H2,1-4H3/b22-18+,32-23+. The Labute approximate surface area is 216 Å². The van der Waals surface area contributed by atoms with Crippen molar-refractivity contribution >= 4 is 28.8 Å². The Morgan fingerprint density at radius 3 is 2.49 bits per heavy atom. The van der Waals surface area contributed by atoms with E-state index in [0.29, 0.717) is 0 Å². The van der Waals surface area contributed by atoms with E-state index in [1.807, 2.05) is 13.1 Å². The van der Waals surface area contributed by atoms with Crippen molar-refractivity contribution in [3.63, 3.8) is 0 Å². The third kappa shape index (κ3) is 6.96. The van der Waals surface area contributed by atoms with Crippen LogP contribution in [0, 0.1) is 6.92 Å². The SMILES string of the molecule is CCc1ccc(-n2cc(-c3cccs3)nc2SC/C(C)=N/N/C=C(\C)Cc2ccc(C)cc2)cc1. The van der Waals surface area contributed by atoms with Gasteiger partial charge in [-0.05, 0) is 68.3 Å². The first kappa shape index (κ1) is 25.0. The number of benzene rings is 2. The van der Waals surface area contributed by atoms with E-state index >= 15 is 0 Å². The van der Waals surface area contributed by atoms with E-state index in [2.05, 4.69) is 108 Å². The molecule has 4 rings (SSSR count). The molecule has 0 spiro atoms. The summed E-state index contributed by atoms with van der Waals surface area (Å²) in [6.45, 7) is 8.46. The quantitative estimate of drug-likeness (QED) is 0.138. The molecule has 2 aromatic carbocycles. The second-order valence-corrected chi connectivity index (χ2v) is 10.6. The summed E-state index contributed by atoms with van der Waals surface area (Å²) in [6.07, 6.45) is 6.07. The minimum atomic E-state index is 0.756. The van der Waals surface area contributed by atoms with E-state index in [1.54, 1.807) is 23.1 Å². The zero-order valence-electron chi connectivity index (χ0n) is 20.8. The second kappa shape index (κ2) is 12.0. The molecule has 0 atom stereocenters. The molecule has 0 aliphatic carbocycles. The molecule has 0 fully saturated rings. The van der Waals surface area contributed by atoms with Gasteiger partial charge in [0.25, 0.3) is 0 Å². The largest absolute Gasteiger partial charge is 0.294 e. The van der Waals surface area contributed by atoms with Gasteiger partial charge in [0, 0.05) is 29.5 Å². The summed E-state index contributed by atoms with van der Waals surface area (Å²) in [4.78, 5) is 6.13. The number of nitrogens with one attached hydrogen (secondary N) is 1. The minimum Gasteiger partial charge on any atom is -0.294 e. The molecular formula is C29H32N4S2. The maximum Gasteiger partial charge on any atom is 0.173 e. The Morgan fingerprint density at radius 1 is 1.06 bits per heavy atom. The average molecular weight is 501 g/mol. The van der Waals surface area contributed by atoms with Gasteiger partial charge in [-0.15, -0.1) is 11.3 Å². The third-order valence-corrected chi connectivity index (χ3v) is 7.65. The van der Waals surface area contributed by atoms with Gasteiger partial charge in [0.15, 0.2) is 5.16 Å². The lowest BCUT2D eigenvalue weighted by molar-refractivity contribution is 0.895. The number of aromatic nitrogens is 2. The van der Waals surface area contributed by atoms with Gasteiger partial charge < -0.3 is 0 Å². The van der Waals surface area contributed by atoms with Crippen molar-refractivity contribution in [3.05, 3.63) is 101 Å². The minimum absolute atomic E-state index is 0.756. The number of hydrogen-bond donors (Lipinski definition) is 1. The summed E-state index contributed by atoms with van der Waals surface area (Å²) in [5.74, 6) is 0.756. The second-order valence-electron chi connectivity index (χ2n) is 8.69.